The number of aromatic carboxylic acids is 1. The molecule has 0 radical (unpaired) electrons. The lowest BCUT2D eigenvalue weighted by Crippen LogP contribution is -2.15. The molecule has 1 aromatic heterocycles. The number of carboxylic acid groups (broad SMARTS) is 1. The lowest BCUT2D eigenvalue weighted by molar-refractivity contribution is 0.0702. The minimum absolute atomic E-state index is 0.0628. The van der Waals surface area contributed by atoms with Gasteiger partial charge in [-0.3, -0.25) is 0 Å². The monoisotopic (exact) mass is 220 g/mol. The average molecular weight is 221 g/mol. The van der Waals surface area contributed by atoms with Crippen LogP contribution in [0, 0.1) is 0 Å². The molecule has 6 heteroatoms. The second kappa shape index (κ2) is 3.93. The molecule has 0 fully saturated rings. The maximum absolute atomic E-state index is 10.6. The SMILES string of the molecule is CCN(C)c1nc(Cl)c(C(=O)O)s1. The van der Waals surface area contributed by atoms with Crippen LogP contribution in [0.1, 0.15) is 16.6 Å². The van der Waals surface area contributed by atoms with Gasteiger partial charge in [0.15, 0.2) is 15.2 Å². The molecule has 1 aromatic rings. The van der Waals surface area contributed by atoms with Crippen LogP contribution in [0.3, 0.4) is 0 Å². The predicted molar refractivity (Wildman–Crippen MR) is 53.0 cm³/mol. The van der Waals surface area contributed by atoms with E-state index in [9.17, 15) is 4.79 Å². The number of halogens is 1. The first-order valence-electron chi connectivity index (χ1n) is 3.67. The molecule has 0 aliphatic rings. The molecule has 0 aliphatic heterocycles. The largest absolute Gasteiger partial charge is 0.477 e. The second-order valence-corrected chi connectivity index (χ2v) is 3.77. The van der Waals surface area contributed by atoms with Crippen molar-refractivity contribution in [3.8, 4) is 0 Å². The van der Waals surface area contributed by atoms with E-state index in [4.69, 9.17) is 16.7 Å². The molecule has 72 valence electrons. The molecular formula is C7H9ClN2O2S. The minimum atomic E-state index is -1.03. The zero-order valence-electron chi connectivity index (χ0n) is 7.24. The van der Waals surface area contributed by atoms with Crippen LogP contribution in [0.5, 0.6) is 0 Å². The predicted octanol–water partition coefficient (Wildman–Crippen LogP) is 1.95. The fourth-order valence-electron chi connectivity index (χ4n) is 0.721. The van der Waals surface area contributed by atoms with Crippen LogP contribution < -0.4 is 4.90 Å². The van der Waals surface area contributed by atoms with Gasteiger partial charge >= 0.3 is 5.97 Å². The summed E-state index contributed by atoms with van der Waals surface area (Å²) in [5.41, 5.74) is 0. The van der Waals surface area contributed by atoms with Gasteiger partial charge in [-0.25, -0.2) is 9.78 Å². The zero-order chi connectivity index (χ0) is 10.0. The van der Waals surface area contributed by atoms with Gasteiger partial charge in [0.25, 0.3) is 0 Å². The van der Waals surface area contributed by atoms with Gasteiger partial charge in [0.1, 0.15) is 0 Å². The highest BCUT2D eigenvalue weighted by molar-refractivity contribution is 7.18. The molecule has 0 aromatic carbocycles. The first-order valence-corrected chi connectivity index (χ1v) is 4.86. The van der Waals surface area contributed by atoms with Crippen molar-refractivity contribution in [2.75, 3.05) is 18.5 Å². The van der Waals surface area contributed by atoms with Crippen molar-refractivity contribution in [1.82, 2.24) is 4.98 Å². The van der Waals surface area contributed by atoms with Crippen molar-refractivity contribution in [2.45, 2.75) is 6.92 Å². The van der Waals surface area contributed by atoms with Gasteiger partial charge in [-0.1, -0.05) is 22.9 Å². The normalized spacial score (nSPS) is 10.1. The van der Waals surface area contributed by atoms with Crippen LogP contribution in [-0.4, -0.2) is 29.7 Å². The topological polar surface area (TPSA) is 53.4 Å². The lowest BCUT2D eigenvalue weighted by atomic mass is 10.6. The Labute approximate surface area is 84.8 Å². The Morgan fingerprint density at radius 3 is 2.77 bits per heavy atom. The van der Waals surface area contributed by atoms with Gasteiger partial charge in [0.2, 0.25) is 0 Å². The van der Waals surface area contributed by atoms with E-state index in [-0.39, 0.29) is 10.0 Å². The van der Waals surface area contributed by atoms with E-state index >= 15 is 0 Å². The van der Waals surface area contributed by atoms with Crippen molar-refractivity contribution in [3.63, 3.8) is 0 Å². The Hall–Kier alpha value is -0.810. The highest BCUT2D eigenvalue weighted by atomic mass is 35.5. The Kier molecular flexibility index (Phi) is 3.11. The summed E-state index contributed by atoms with van der Waals surface area (Å²) < 4.78 is 0. The van der Waals surface area contributed by atoms with Crippen molar-refractivity contribution >= 4 is 34.0 Å². The van der Waals surface area contributed by atoms with Crippen LogP contribution in [0.2, 0.25) is 5.15 Å². The molecule has 0 saturated carbocycles. The van der Waals surface area contributed by atoms with Gasteiger partial charge in [0, 0.05) is 13.6 Å². The van der Waals surface area contributed by atoms with E-state index in [1.807, 2.05) is 18.9 Å². The first-order chi connectivity index (χ1) is 6.06. The van der Waals surface area contributed by atoms with E-state index in [1.54, 1.807) is 0 Å². The van der Waals surface area contributed by atoms with Crippen molar-refractivity contribution in [3.05, 3.63) is 10.0 Å². The van der Waals surface area contributed by atoms with Gasteiger partial charge < -0.3 is 10.0 Å². The van der Waals surface area contributed by atoms with Gasteiger partial charge in [0.05, 0.1) is 0 Å². The number of anilines is 1. The van der Waals surface area contributed by atoms with Gasteiger partial charge in [-0.2, -0.15) is 0 Å². The first kappa shape index (κ1) is 10.3. The smallest absolute Gasteiger partial charge is 0.349 e. The van der Waals surface area contributed by atoms with E-state index in [0.29, 0.717) is 5.13 Å². The number of nitrogens with zero attached hydrogens (tertiary/aromatic N) is 2. The summed E-state index contributed by atoms with van der Waals surface area (Å²) in [4.78, 5) is 16.5. The maximum atomic E-state index is 10.6. The third-order valence-corrected chi connectivity index (χ3v) is 3.11. The van der Waals surface area contributed by atoms with Crippen molar-refractivity contribution in [1.29, 1.82) is 0 Å². The molecule has 4 nitrogen and oxygen atoms in total. The molecule has 0 atom stereocenters. The Bertz CT molecular complexity index is 326. The molecule has 1 rings (SSSR count). The third-order valence-electron chi connectivity index (χ3n) is 1.57. The average Bonchev–Trinajstić information content (AvgIpc) is 2.46. The zero-order valence-corrected chi connectivity index (χ0v) is 8.82. The fraction of sp³-hybridized carbons (Fsp3) is 0.429. The standard InChI is InChI=1S/C7H9ClN2O2S/c1-3-10(2)7-9-5(8)4(13-7)6(11)12/h3H2,1-2H3,(H,11,12). The number of carbonyl (C=O) groups is 1. The van der Waals surface area contributed by atoms with Crippen LogP contribution in [-0.2, 0) is 0 Å². The van der Waals surface area contributed by atoms with Gasteiger partial charge in [-0.15, -0.1) is 0 Å². The van der Waals surface area contributed by atoms with Gasteiger partial charge in [-0.05, 0) is 6.92 Å². The van der Waals surface area contributed by atoms with Crippen molar-refractivity contribution in [2.24, 2.45) is 0 Å². The third kappa shape index (κ3) is 2.10. The summed E-state index contributed by atoms with van der Waals surface area (Å²) >= 11 is 6.72. The van der Waals surface area contributed by atoms with Crippen LogP contribution in [0.4, 0.5) is 5.13 Å². The summed E-state index contributed by atoms with van der Waals surface area (Å²) in [5.74, 6) is -1.03. The van der Waals surface area contributed by atoms with Crippen molar-refractivity contribution < 1.29 is 9.90 Å². The maximum Gasteiger partial charge on any atom is 0.349 e. The molecule has 0 saturated heterocycles. The Morgan fingerprint density at radius 1 is 1.77 bits per heavy atom. The molecule has 0 amide bonds. The molecule has 1 heterocycles. The summed E-state index contributed by atoms with van der Waals surface area (Å²) in [6.45, 7) is 2.72. The minimum Gasteiger partial charge on any atom is -0.477 e. The summed E-state index contributed by atoms with van der Waals surface area (Å²) in [6, 6.07) is 0. The number of carboxylic acids is 1. The van der Waals surface area contributed by atoms with E-state index in [1.165, 1.54) is 0 Å². The molecule has 1 N–H and O–H groups in total. The quantitative estimate of drug-likeness (QED) is 0.846. The molecule has 0 unspecified atom stereocenters. The van der Waals surface area contributed by atoms with E-state index in [2.05, 4.69) is 4.98 Å². The highest BCUT2D eigenvalue weighted by Crippen LogP contribution is 2.28. The number of hydrogen-bond acceptors (Lipinski definition) is 4. The molecule has 0 spiro atoms. The number of rotatable bonds is 3. The summed E-state index contributed by atoms with van der Waals surface area (Å²) in [7, 11) is 1.83. The van der Waals surface area contributed by atoms with Crippen LogP contribution in [0.15, 0.2) is 0 Å². The number of aromatic nitrogens is 1. The highest BCUT2D eigenvalue weighted by Gasteiger charge is 2.16. The molecule has 0 bridgehead atoms. The summed E-state index contributed by atoms with van der Waals surface area (Å²) in [5, 5.41) is 9.39. The molecule has 0 aliphatic carbocycles. The Balaban J connectivity index is 3.01. The van der Waals surface area contributed by atoms with E-state index < -0.39 is 5.97 Å². The van der Waals surface area contributed by atoms with Crippen LogP contribution in [0.25, 0.3) is 0 Å². The fourth-order valence-corrected chi connectivity index (χ4v) is 1.87. The second-order valence-electron chi connectivity index (χ2n) is 2.44. The Morgan fingerprint density at radius 2 is 2.38 bits per heavy atom. The van der Waals surface area contributed by atoms with E-state index in [0.717, 1.165) is 17.9 Å². The number of hydrogen-bond donors (Lipinski definition) is 1. The molecule has 13 heavy (non-hydrogen) atoms. The van der Waals surface area contributed by atoms with Crippen LogP contribution >= 0.6 is 22.9 Å². The molecular weight excluding hydrogens is 212 g/mol. The lowest BCUT2D eigenvalue weighted by Gasteiger charge is -2.10. The number of thiazole rings is 1. The summed E-state index contributed by atoms with van der Waals surface area (Å²) in [6.07, 6.45) is 0.